The zero-order valence-corrected chi connectivity index (χ0v) is 14.0. The second-order valence-corrected chi connectivity index (χ2v) is 5.60. The fourth-order valence-electron chi connectivity index (χ4n) is 1.99. The van der Waals surface area contributed by atoms with E-state index in [-0.39, 0.29) is 24.6 Å². The predicted octanol–water partition coefficient (Wildman–Crippen LogP) is 4.40. The van der Waals surface area contributed by atoms with Crippen molar-refractivity contribution in [3.63, 3.8) is 0 Å². The van der Waals surface area contributed by atoms with Crippen LogP contribution in [0.4, 0.5) is 0 Å². The maximum Gasteiger partial charge on any atom is 0.306 e. The minimum absolute atomic E-state index is 0.159. The van der Waals surface area contributed by atoms with E-state index >= 15 is 0 Å². The molecule has 4 heteroatoms. The SMILES string of the molecule is CCCCCCCC(=O)OC(C)COC(=O)CCCCC. The lowest BCUT2D eigenvalue weighted by atomic mass is 10.1. The third kappa shape index (κ3) is 13.7. The smallest absolute Gasteiger partial charge is 0.306 e. The third-order valence-corrected chi connectivity index (χ3v) is 3.28. The second kappa shape index (κ2) is 13.9. The van der Waals surface area contributed by atoms with Crippen LogP contribution in [0.2, 0.25) is 0 Å². The van der Waals surface area contributed by atoms with Crippen molar-refractivity contribution in [3.8, 4) is 0 Å². The van der Waals surface area contributed by atoms with Gasteiger partial charge in [-0.05, 0) is 19.8 Å². The summed E-state index contributed by atoms with van der Waals surface area (Å²) in [5, 5.41) is 0. The quantitative estimate of drug-likeness (QED) is 0.373. The van der Waals surface area contributed by atoms with E-state index in [2.05, 4.69) is 13.8 Å². The standard InChI is InChI=1S/C17H32O4/c1-4-6-8-9-11-13-17(19)21-15(3)14-20-16(18)12-10-7-5-2/h15H,4-14H2,1-3H3. The molecule has 0 amide bonds. The van der Waals surface area contributed by atoms with Crippen LogP contribution < -0.4 is 0 Å². The summed E-state index contributed by atoms with van der Waals surface area (Å²) in [6.07, 6.45) is 9.08. The van der Waals surface area contributed by atoms with Gasteiger partial charge in [-0.2, -0.15) is 0 Å². The molecule has 0 aliphatic rings. The third-order valence-electron chi connectivity index (χ3n) is 3.28. The molecule has 4 nitrogen and oxygen atoms in total. The molecule has 0 heterocycles. The maximum atomic E-state index is 11.6. The Kier molecular flexibility index (Phi) is 13.2. The number of rotatable bonds is 13. The van der Waals surface area contributed by atoms with Crippen LogP contribution in [0.25, 0.3) is 0 Å². The maximum absolute atomic E-state index is 11.6. The van der Waals surface area contributed by atoms with Gasteiger partial charge in [0.15, 0.2) is 0 Å². The Morgan fingerprint density at radius 1 is 0.810 bits per heavy atom. The monoisotopic (exact) mass is 300 g/mol. The van der Waals surface area contributed by atoms with E-state index in [0.29, 0.717) is 12.8 Å². The molecule has 0 fully saturated rings. The average Bonchev–Trinajstić information content (AvgIpc) is 2.45. The van der Waals surface area contributed by atoms with E-state index in [1.807, 2.05) is 0 Å². The first-order valence-corrected chi connectivity index (χ1v) is 8.45. The number of carbonyl (C=O) groups is 2. The molecule has 21 heavy (non-hydrogen) atoms. The van der Waals surface area contributed by atoms with Crippen LogP contribution in [0, 0.1) is 0 Å². The van der Waals surface area contributed by atoms with Crippen molar-refractivity contribution in [1.29, 1.82) is 0 Å². The summed E-state index contributed by atoms with van der Waals surface area (Å²) < 4.78 is 10.3. The summed E-state index contributed by atoms with van der Waals surface area (Å²) >= 11 is 0. The molecule has 0 aromatic heterocycles. The molecule has 0 saturated carbocycles. The fourth-order valence-corrected chi connectivity index (χ4v) is 1.99. The van der Waals surface area contributed by atoms with Gasteiger partial charge in [0.05, 0.1) is 0 Å². The van der Waals surface area contributed by atoms with E-state index in [9.17, 15) is 9.59 Å². The fraction of sp³-hybridized carbons (Fsp3) is 0.882. The van der Waals surface area contributed by atoms with E-state index in [1.54, 1.807) is 6.92 Å². The van der Waals surface area contributed by atoms with E-state index in [1.165, 1.54) is 19.3 Å². The largest absolute Gasteiger partial charge is 0.462 e. The highest BCUT2D eigenvalue weighted by Crippen LogP contribution is 2.07. The Balaban J connectivity index is 3.56. The van der Waals surface area contributed by atoms with Gasteiger partial charge in [0.25, 0.3) is 0 Å². The van der Waals surface area contributed by atoms with Crippen LogP contribution in [0.1, 0.15) is 85.0 Å². The molecule has 0 aromatic carbocycles. The zero-order chi connectivity index (χ0) is 15.9. The van der Waals surface area contributed by atoms with E-state index in [0.717, 1.165) is 32.1 Å². The van der Waals surface area contributed by atoms with Crippen molar-refractivity contribution in [1.82, 2.24) is 0 Å². The van der Waals surface area contributed by atoms with Crippen molar-refractivity contribution in [2.75, 3.05) is 6.61 Å². The molecular weight excluding hydrogens is 268 g/mol. The Bertz CT molecular complexity index is 276. The summed E-state index contributed by atoms with van der Waals surface area (Å²) in [4.78, 5) is 23.0. The van der Waals surface area contributed by atoms with Crippen LogP contribution in [0.15, 0.2) is 0 Å². The van der Waals surface area contributed by atoms with Crippen LogP contribution in [-0.2, 0) is 19.1 Å². The summed E-state index contributed by atoms with van der Waals surface area (Å²) in [5.41, 5.74) is 0. The van der Waals surface area contributed by atoms with E-state index in [4.69, 9.17) is 9.47 Å². The minimum Gasteiger partial charge on any atom is -0.462 e. The molecule has 0 spiro atoms. The first kappa shape index (κ1) is 19.9. The molecule has 0 saturated heterocycles. The van der Waals surface area contributed by atoms with Crippen LogP contribution in [-0.4, -0.2) is 24.6 Å². The van der Waals surface area contributed by atoms with Crippen LogP contribution in [0.3, 0.4) is 0 Å². The van der Waals surface area contributed by atoms with Gasteiger partial charge in [-0.3, -0.25) is 9.59 Å². The molecule has 0 aromatic rings. The lowest BCUT2D eigenvalue weighted by Gasteiger charge is -2.13. The number of hydrogen-bond donors (Lipinski definition) is 0. The lowest BCUT2D eigenvalue weighted by Crippen LogP contribution is -2.22. The number of esters is 2. The summed E-state index contributed by atoms with van der Waals surface area (Å²) in [6, 6.07) is 0. The Hall–Kier alpha value is -1.06. The van der Waals surface area contributed by atoms with Gasteiger partial charge in [-0.25, -0.2) is 0 Å². The van der Waals surface area contributed by atoms with Crippen molar-refractivity contribution in [2.45, 2.75) is 91.1 Å². The summed E-state index contributed by atoms with van der Waals surface area (Å²) in [7, 11) is 0. The number of ether oxygens (including phenoxy) is 2. The van der Waals surface area contributed by atoms with Gasteiger partial charge < -0.3 is 9.47 Å². The Morgan fingerprint density at radius 2 is 1.33 bits per heavy atom. The number of carbonyl (C=O) groups excluding carboxylic acids is 2. The highest BCUT2D eigenvalue weighted by atomic mass is 16.6. The van der Waals surface area contributed by atoms with Crippen molar-refractivity contribution in [3.05, 3.63) is 0 Å². The van der Waals surface area contributed by atoms with Crippen molar-refractivity contribution >= 4 is 11.9 Å². The van der Waals surface area contributed by atoms with Gasteiger partial charge in [0.2, 0.25) is 0 Å². The highest BCUT2D eigenvalue weighted by Gasteiger charge is 2.11. The van der Waals surface area contributed by atoms with Crippen LogP contribution in [0.5, 0.6) is 0 Å². The highest BCUT2D eigenvalue weighted by molar-refractivity contribution is 5.70. The topological polar surface area (TPSA) is 52.6 Å². The molecule has 0 radical (unpaired) electrons. The first-order chi connectivity index (χ1) is 10.1. The molecular formula is C17H32O4. The summed E-state index contributed by atoms with van der Waals surface area (Å²) in [6.45, 7) is 6.18. The van der Waals surface area contributed by atoms with E-state index < -0.39 is 0 Å². The van der Waals surface area contributed by atoms with Crippen molar-refractivity contribution in [2.24, 2.45) is 0 Å². The summed E-state index contributed by atoms with van der Waals surface area (Å²) in [5.74, 6) is -0.396. The molecule has 1 atom stereocenters. The second-order valence-electron chi connectivity index (χ2n) is 5.60. The van der Waals surface area contributed by atoms with Crippen LogP contribution >= 0.6 is 0 Å². The molecule has 0 aliphatic heterocycles. The minimum atomic E-state index is -0.358. The van der Waals surface area contributed by atoms with Gasteiger partial charge >= 0.3 is 11.9 Å². The normalized spacial score (nSPS) is 12.0. The molecule has 124 valence electrons. The van der Waals surface area contributed by atoms with Gasteiger partial charge in [0.1, 0.15) is 12.7 Å². The van der Waals surface area contributed by atoms with Gasteiger partial charge in [0, 0.05) is 12.8 Å². The van der Waals surface area contributed by atoms with Gasteiger partial charge in [-0.1, -0.05) is 52.4 Å². The Labute approximate surface area is 129 Å². The molecule has 1 unspecified atom stereocenters. The average molecular weight is 300 g/mol. The molecule has 0 bridgehead atoms. The molecule has 0 N–H and O–H groups in total. The molecule has 0 aliphatic carbocycles. The number of unbranched alkanes of at least 4 members (excludes halogenated alkanes) is 6. The zero-order valence-electron chi connectivity index (χ0n) is 14.0. The lowest BCUT2D eigenvalue weighted by molar-refractivity contribution is -0.158. The molecule has 0 rings (SSSR count). The predicted molar refractivity (Wildman–Crippen MR) is 84.0 cm³/mol. The number of hydrogen-bond acceptors (Lipinski definition) is 4. The van der Waals surface area contributed by atoms with Gasteiger partial charge in [-0.15, -0.1) is 0 Å². The van der Waals surface area contributed by atoms with Crippen molar-refractivity contribution < 1.29 is 19.1 Å². The first-order valence-electron chi connectivity index (χ1n) is 8.45. The Morgan fingerprint density at radius 3 is 2.00 bits per heavy atom.